The van der Waals surface area contributed by atoms with Crippen LogP contribution in [0.4, 0.5) is 4.39 Å². The number of halogens is 1. The van der Waals surface area contributed by atoms with E-state index in [1.54, 1.807) is 17.7 Å². The van der Waals surface area contributed by atoms with Crippen LogP contribution in [0.3, 0.4) is 0 Å². The SMILES string of the molecule is [2H]c1c(F)c(C(C)(C)C)c([2H])[n+](C)c1-c1c(C)ccc2c1oc1c(-c3ccc(-c4ccc(-c5ccccc5)cc4)cc3)c(C#N)ccc12. The van der Waals surface area contributed by atoms with E-state index in [2.05, 4.69) is 42.5 Å². The summed E-state index contributed by atoms with van der Waals surface area (Å²) in [6, 6.07) is 36.5. The molecule has 3 nitrogen and oxygen atoms in total. The summed E-state index contributed by atoms with van der Waals surface area (Å²) in [5.74, 6) is -0.699. The molecule has 0 saturated carbocycles. The summed E-state index contributed by atoms with van der Waals surface area (Å²) < 4.78 is 41.9. The fourth-order valence-corrected chi connectivity index (χ4v) is 6.24. The van der Waals surface area contributed by atoms with Crippen molar-refractivity contribution in [3.63, 3.8) is 0 Å². The Bertz CT molecular complexity index is 2390. The second-order valence-corrected chi connectivity index (χ2v) is 12.8. The third-order valence-corrected chi connectivity index (χ3v) is 8.69. The van der Waals surface area contributed by atoms with Gasteiger partial charge in [-0.3, -0.25) is 0 Å². The third kappa shape index (κ3) is 4.95. The van der Waals surface area contributed by atoms with Gasteiger partial charge in [0.25, 0.3) is 0 Å². The zero-order valence-electron chi connectivity index (χ0n) is 28.5. The molecule has 2 heterocycles. The average molecular weight is 604 g/mol. The molecule has 0 radical (unpaired) electrons. The Kier molecular flexibility index (Phi) is 6.49. The van der Waals surface area contributed by atoms with Gasteiger partial charge in [0.2, 0.25) is 5.69 Å². The van der Waals surface area contributed by atoms with Crippen LogP contribution in [0.5, 0.6) is 0 Å². The van der Waals surface area contributed by atoms with Crippen molar-refractivity contribution >= 4 is 21.9 Å². The lowest BCUT2D eigenvalue weighted by Gasteiger charge is -2.18. The van der Waals surface area contributed by atoms with Crippen molar-refractivity contribution in [1.29, 1.82) is 5.26 Å². The fourth-order valence-electron chi connectivity index (χ4n) is 6.24. The lowest BCUT2D eigenvalue weighted by molar-refractivity contribution is -0.661. The molecule has 0 spiro atoms. The van der Waals surface area contributed by atoms with E-state index >= 15 is 4.39 Å². The molecule has 5 aromatic carbocycles. The first-order valence-electron chi connectivity index (χ1n) is 16.3. The number of hydrogen-bond donors (Lipinski definition) is 0. The summed E-state index contributed by atoms with van der Waals surface area (Å²) >= 11 is 0. The van der Waals surface area contributed by atoms with Crippen molar-refractivity contribution < 1.29 is 16.1 Å². The number of hydrogen-bond acceptors (Lipinski definition) is 2. The van der Waals surface area contributed by atoms with Gasteiger partial charge in [-0.1, -0.05) is 112 Å². The summed E-state index contributed by atoms with van der Waals surface area (Å²) in [4.78, 5) is 0. The number of nitrogens with zero attached hydrogens (tertiary/aromatic N) is 2. The number of rotatable bonds is 4. The summed E-state index contributed by atoms with van der Waals surface area (Å²) in [5, 5.41) is 11.8. The van der Waals surface area contributed by atoms with Crippen molar-refractivity contribution in [3.05, 3.63) is 138 Å². The second kappa shape index (κ2) is 11.1. The fraction of sp³-hybridized carbons (Fsp3) is 0.143. The van der Waals surface area contributed by atoms with E-state index in [-0.39, 0.29) is 23.5 Å². The van der Waals surface area contributed by atoms with Crippen molar-refractivity contribution in [2.45, 2.75) is 33.1 Å². The Morgan fingerprint density at radius 1 is 0.717 bits per heavy atom. The van der Waals surface area contributed by atoms with Gasteiger partial charge in [-0.15, -0.1) is 0 Å². The maximum Gasteiger partial charge on any atom is 0.219 e. The van der Waals surface area contributed by atoms with E-state index in [1.165, 1.54) is 5.56 Å². The number of benzene rings is 5. The monoisotopic (exact) mass is 603 g/mol. The molecule has 4 heteroatoms. The first-order valence-corrected chi connectivity index (χ1v) is 15.3. The Morgan fingerprint density at radius 3 is 1.80 bits per heavy atom. The van der Waals surface area contributed by atoms with E-state index in [9.17, 15) is 5.26 Å². The molecule has 0 atom stereocenters. The molecule has 7 aromatic rings. The number of aryl methyl sites for hydroxylation is 1. The van der Waals surface area contributed by atoms with E-state index in [0.717, 1.165) is 38.6 Å². The number of furan rings is 1. The van der Waals surface area contributed by atoms with Crippen LogP contribution in [0.15, 0.2) is 120 Å². The molecule has 2 aromatic heterocycles. The van der Waals surface area contributed by atoms with Crippen LogP contribution in [0.2, 0.25) is 0 Å². The minimum absolute atomic E-state index is 0.0146. The molecule has 0 aliphatic carbocycles. The predicted molar refractivity (Wildman–Crippen MR) is 185 cm³/mol. The van der Waals surface area contributed by atoms with Gasteiger partial charge in [-0.05, 0) is 57.9 Å². The quantitative estimate of drug-likeness (QED) is 0.188. The van der Waals surface area contributed by atoms with Gasteiger partial charge >= 0.3 is 0 Å². The molecule has 0 fully saturated rings. The molecule has 46 heavy (non-hydrogen) atoms. The summed E-state index contributed by atoms with van der Waals surface area (Å²) in [5.41, 5.74) is 8.63. The molecule has 0 aliphatic heterocycles. The highest BCUT2D eigenvalue weighted by Crippen LogP contribution is 2.42. The number of fused-ring (bicyclic) bond motifs is 3. The summed E-state index contributed by atoms with van der Waals surface area (Å²) in [7, 11) is 1.70. The average Bonchev–Trinajstić information content (AvgIpc) is 3.46. The Hall–Kier alpha value is -5.53. The number of pyridine rings is 1. The molecule has 0 aliphatic rings. The lowest BCUT2D eigenvalue weighted by atomic mass is 9.87. The smallest absolute Gasteiger partial charge is 0.219 e. The topological polar surface area (TPSA) is 40.8 Å². The highest BCUT2D eigenvalue weighted by molar-refractivity contribution is 6.14. The van der Waals surface area contributed by atoms with Gasteiger partial charge in [-0.2, -0.15) is 5.26 Å². The minimum atomic E-state index is -0.699. The van der Waals surface area contributed by atoms with E-state index < -0.39 is 11.2 Å². The Balaban J connectivity index is 1.38. The molecule has 0 unspecified atom stereocenters. The van der Waals surface area contributed by atoms with Gasteiger partial charge in [0, 0.05) is 22.4 Å². The van der Waals surface area contributed by atoms with Crippen molar-refractivity contribution in [1.82, 2.24) is 0 Å². The third-order valence-electron chi connectivity index (χ3n) is 8.69. The van der Waals surface area contributed by atoms with Crippen LogP contribution in [0.1, 0.15) is 40.2 Å². The van der Waals surface area contributed by atoms with Crippen molar-refractivity contribution in [3.8, 4) is 50.7 Å². The van der Waals surface area contributed by atoms with Crippen molar-refractivity contribution in [2.75, 3.05) is 0 Å². The van der Waals surface area contributed by atoms with E-state index in [4.69, 9.17) is 7.16 Å². The van der Waals surface area contributed by atoms with Crippen LogP contribution in [0, 0.1) is 24.1 Å². The maximum absolute atomic E-state index is 15.9. The summed E-state index contributed by atoms with van der Waals surface area (Å²) in [6.45, 7) is 7.43. The highest BCUT2D eigenvalue weighted by Gasteiger charge is 2.28. The largest absolute Gasteiger partial charge is 0.454 e. The Morgan fingerprint density at radius 2 is 1.24 bits per heavy atom. The van der Waals surface area contributed by atoms with Crippen LogP contribution in [-0.4, -0.2) is 0 Å². The van der Waals surface area contributed by atoms with Gasteiger partial charge in [0.05, 0.1) is 24.1 Å². The molecule has 7 rings (SSSR count). The predicted octanol–water partition coefficient (Wildman–Crippen LogP) is 10.7. The van der Waals surface area contributed by atoms with Crippen LogP contribution in [0.25, 0.3) is 66.6 Å². The molecule has 0 amide bonds. The molecular formula is C42H34FN2O+. The molecular weight excluding hydrogens is 567 g/mol. The van der Waals surface area contributed by atoms with Gasteiger partial charge in [0.15, 0.2) is 6.17 Å². The Labute approximate surface area is 271 Å². The molecule has 0 saturated heterocycles. The molecule has 0 bridgehead atoms. The van der Waals surface area contributed by atoms with E-state index in [0.29, 0.717) is 27.9 Å². The minimum Gasteiger partial charge on any atom is -0.454 e. The standard InChI is InChI=1S/C42H34FN2O/c1-26-11-21-33-34-22-20-32(24-44)39(41(34)46-40(33)38(26)37-23-36(43)35(25-45(37)5)42(2,3)4)31-18-16-30(17-19-31)29-14-12-28(13-15-29)27-9-7-6-8-10-27/h6-23,25H,1-5H3/q+1/i23D,25D. The lowest BCUT2D eigenvalue weighted by Crippen LogP contribution is -2.34. The van der Waals surface area contributed by atoms with Crippen LogP contribution >= 0.6 is 0 Å². The first-order chi connectivity index (χ1) is 23.0. The van der Waals surface area contributed by atoms with E-state index in [1.807, 2.05) is 88.4 Å². The summed E-state index contributed by atoms with van der Waals surface area (Å²) in [6.07, 6.45) is 0.0146. The van der Waals surface area contributed by atoms with Gasteiger partial charge in [-0.25, -0.2) is 8.96 Å². The zero-order valence-corrected chi connectivity index (χ0v) is 26.5. The first kappa shape index (κ1) is 26.8. The van der Waals surface area contributed by atoms with Crippen LogP contribution < -0.4 is 4.57 Å². The normalized spacial score (nSPS) is 12.3. The van der Waals surface area contributed by atoms with Crippen LogP contribution in [-0.2, 0) is 12.5 Å². The van der Waals surface area contributed by atoms with Gasteiger partial charge in [0.1, 0.15) is 25.4 Å². The maximum atomic E-state index is 15.9. The number of nitriles is 1. The molecule has 224 valence electrons. The molecule has 0 N–H and O–H groups in total. The van der Waals surface area contributed by atoms with Crippen molar-refractivity contribution in [2.24, 2.45) is 7.05 Å². The number of aromatic nitrogens is 1. The zero-order chi connectivity index (χ0) is 33.9. The second-order valence-electron chi connectivity index (χ2n) is 12.8. The highest BCUT2D eigenvalue weighted by atomic mass is 19.1. The van der Waals surface area contributed by atoms with Gasteiger partial charge < -0.3 is 4.42 Å².